The molecule has 0 atom stereocenters. The summed E-state index contributed by atoms with van der Waals surface area (Å²) in [5.41, 5.74) is 1.26. The summed E-state index contributed by atoms with van der Waals surface area (Å²) in [6.07, 6.45) is 0.753. The summed E-state index contributed by atoms with van der Waals surface area (Å²) in [5.74, 6) is 0. The Morgan fingerprint density at radius 1 is 1.80 bits per heavy atom. The topological polar surface area (TPSA) is 52.5 Å². The molecule has 0 fully saturated rings. The Kier molecular flexibility index (Phi) is 1.93. The van der Waals surface area contributed by atoms with Crippen LogP contribution >= 0.6 is 11.6 Å². The number of nitriles is 1. The molecule has 0 radical (unpaired) electrons. The molecule has 0 aromatic carbocycles. The lowest BCUT2D eigenvalue weighted by Gasteiger charge is -1.85. The second kappa shape index (κ2) is 2.72. The lowest BCUT2D eigenvalue weighted by atomic mass is 10.2. The Morgan fingerprint density at radius 3 is 2.90 bits per heavy atom. The number of halogens is 1. The normalized spacial score (nSPS) is 9.30. The lowest BCUT2D eigenvalue weighted by molar-refractivity contribution is 0.972. The predicted octanol–water partition coefficient (Wildman–Crippen LogP) is 1.50. The van der Waals surface area contributed by atoms with Crippen molar-refractivity contribution in [3.8, 4) is 6.07 Å². The fourth-order valence-electron chi connectivity index (χ4n) is 0.722. The molecule has 0 spiro atoms. The van der Waals surface area contributed by atoms with Crippen LogP contribution in [0.2, 0.25) is 5.15 Å². The summed E-state index contributed by atoms with van der Waals surface area (Å²) in [6.45, 7) is 1.94. The second-order valence-corrected chi connectivity index (χ2v) is 2.19. The van der Waals surface area contributed by atoms with Crippen molar-refractivity contribution in [2.45, 2.75) is 13.3 Å². The molecule has 0 aliphatic heterocycles. The minimum Gasteiger partial charge on any atom is -0.280 e. The molecule has 3 nitrogen and oxygen atoms in total. The van der Waals surface area contributed by atoms with Crippen LogP contribution in [-0.4, -0.2) is 10.2 Å². The van der Waals surface area contributed by atoms with Crippen molar-refractivity contribution >= 4 is 11.6 Å². The molecule has 1 aromatic heterocycles. The summed E-state index contributed by atoms with van der Waals surface area (Å²) in [7, 11) is 0. The molecule has 0 saturated carbocycles. The van der Waals surface area contributed by atoms with E-state index >= 15 is 0 Å². The van der Waals surface area contributed by atoms with Crippen LogP contribution in [0.3, 0.4) is 0 Å². The first-order valence-corrected chi connectivity index (χ1v) is 3.30. The van der Waals surface area contributed by atoms with Gasteiger partial charge in [0.1, 0.15) is 11.6 Å². The van der Waals surface area contributed by atoms with Gasteiger partial charge in [-0.25, -0.2) is 0 Å². The highest BCUT2D eigenvalue weighted by Crippen LogP contribution is 2.14. The van der Waals surface area contributed by atoms with Gasteiger partial charge < -0.3 is 0 Å². The number of aromatic nitrogens is 2. The van der Waals surface area contributed by atoms with E-state index in [0.29, 0.717) is 5.56 Å². The highest BCUT2D eigenvalue weighted by atomic mass is 35.5. The molecule has 0 saturated heterocycles. The van der Waals surface area contributed by atoms with Crippen molar-refractivity contribution in [2.75, 3.05) is 0 Å². The van der Waals surface area contributed by atoms with Crippen LogP contribution in [0.25, 0.3) is 0 Å². The van der Waals surface area contributed by atoms with E-state index in [4.69, 9.17) is 16.9 Å². The third-order valence-electron chi connectivity index (χ3n) is 1.26. The third-order valence-corrected chi connectivity index (χ3v) is 1.54. The Balaban J connectivity index is 3.17. The zero-order valence-corrected chi connectivity index (χ0v) is 6.24. The van der Waals surface area contributed by atoms with Gasteiger partial charge in [-0.15, -0.1) is 0 Å². The summed E-state index contributed by atoms with van der Waals surface area (Å²) in [5, 5.41) is 15.1. The average Bonchev–Trinajstić information content (AvgIpc) is 2.30. The maximum absolute atomic E-state index is 8.52. The zero-order valence-electron chi connectivity index (χ0n) is 5.48. The number of aryl methyl sites for hydroxylation is 1. The molecule has 1 N–H and O–H groups in total. The van der Waals surface area contributed by atoms with E-state index in [-0.39, 0.29) is 5.15 Å². The summed E-state index contributed by atoms with van der Waals surface area (Å²) in [4.78, 5) is 0. The summed E-state index contributed by atoms with van der Waals surface area (Å²) < 4.78 is 0. The third kappa shape index (κ3) is 0.981. The molecule has 4 heteroatoms. The molecule has 1 rings (SSSR count). The number of H-pyrrole nitrogens is 1. The van der Waals surface area contributed by atoms with Gasteiger partial charge in [0, 0.05) is 0 Å². The van der Waals surface area contributed by atoms with Crippen molar-refractivity contribution in [1.29, 1.82) is 5.26 Å². The molecule has 0 aliphatic carbocycles. The molecule has 10 heavy (non-hydrogen) atoms. The van der Waals surface area contributed by atoms with Crippen molar-refractivity contribution in [1.82, 2.24) is 10.2 Å². The standard InChI is InChI=1S/C6H6ClN3/c1-2-5-4(3-8)6(7)10-9-5/h2H2,1H3,(H,9,10). The van der Waals surface area contributed by atoms with Gasteiger partial charge in [-0.05, 0) is 6.42 Å². The Labute approximate surface area is 63.6 Å². The molecule has 1 heterocycles. The van der Waals surface area contributed by atoms with E-state index in [1.807, 2.05) is 13.0 Å². The Bertz CT molecular complexity index is 271. The van der Waals surface area contributed by atoms with Crippen LogP contribution in [0.4, 0.5) is 0 Å². The van der Waals surface area contributed by atoms with Crippen molar-refractivity contribution in [2.24, 2.45) is 0 Å². The van der Waals surface area contributed by atoms with Gasteiger partial charge in [-0.2, -0.15) is 10.4 Å². The number of hydrogen-bond acceptors (Lipinski definition) is 2. The number of hydrogen-bond donors (Lipinski definition) is 1. The van der Waals surface area contributed by atoms with Gasteiger partial charge in [-0.1, -0.05) is 18.5 Å². The number of rotatable bonds is 1. The first-order chi connectivity index (χ1) is 4.79. The van der Waals surface area contributed by atoms with Crippen LogP contribution in [0, 0.1) is 11.3 Å². The van der Waals surface area contributed by atoms with Crippen molar-refractivity contribution in [3.63, 3.8) is 0 Å². The fourth-order valence-corrected chi connectivity index (χ4v) is 0.921. The average molecular weight is 156 g/mol. The highest BCUT2D eigenvalue weighted by Gasteiger charge is 2.07. The molecular formula is C6H6ClN3. The number of nitrogens with one attached hydrogen (secondary N) is 1. The van der Waals surface area contributed by atoms with Crippen LogP contribution in [0.1, 0.15) is 18.2 Å². The highest BCUT2D eigenvalue weighted by molar-refractivity contribution is 6.30. The van der Waals surface area contributed by atoms with E-state index in [0.717, 1.165) is 12.1 Å². The second-order valence-electron chi connectivity index (χ2n) is 1.83. The van der Waals surface area contributed by atoms with Gasteiger partial charge in [0.05, 0.1) is 5.69 Å². The van der Waals surface area contributed by atoms with E-state index < -0.39 is 0 Å². The van der Waals surface area contributed by atoms with Crippen LogP contribution in [0.15, 0.2) is 0 Å². The molecule has 0 bridgehead atoms. The fraction of sp³-hybridized carbons (Fsp3) is 0.333. The van der Waals surface area contributed by atoms with Gasteiger partial charge in [0.2, 0.25) is 0 Å². The molecule has 52 valence electrons. The van der Waals surface area contributed by atoms with Gasteiger partial charge in [0.15, 0.2) is 5.15 Å². The molecular weight excluding hydrogens is 150 g/mol. The number of nitrogens with zero attached hydrogens (tertiary/aromatic N) is 2. The summed E-state index contributed by atoms with van der Waals surface area (Å²) in [6, 6.07) is 1.97. The minimum absolute atomic E-state index is 0.263. The maximum Gasteiger partial charge on any atom is 0.168 e. The maximum atomic E-state index is 8.52. The molecule has 0 unspecified atom stereocenters. The number of aromatic amines is 1. The van der Waals surface area contributed by atoms with Crippen LogP contribution < -0.4 is 0 Å². The zero-order chi connectivity index (χ0) is 7.56. The first kappa shape index (κ1) is 7.10. The van der Waals surface area contributed by atoms with Crippen molar-refractivity contribution in [3.05, 3.63) is 16.4 Å². The van der Waals surface area contributed by atoms with E-state index in [1.165, 1.54) is 0 Å². The lowest BCUT2D eigenvalue weighted by Crippen LogP contribution is -1.82. The minimum atomic E-state index is 0.263. The molecule has 0 aliphatic rings. The smallest absolute Gasteiger partial charge is 0.168 e. The predicted molar refractivity (Wildman–Crippen MR) is 37.7 cm³/mol. The Morgan fingerprint density at radius 2 is 2.50 bits per heavy atom. The van der Waals surface area contributed by atoms with Gasteiger partial charge in [0.25, 0.3) is 0 Å². The van der Waals surface area contributed by atoms with Crippen molar-refractivity contribution < 1.29 is 0 Å². The van der Waals surface area contributed by atoms with Gasteiger partial charge in [-0.3, -0.25) is 5.10 Å². The molecule has 1 aromatic rings. The van der Waals surface area contributed by atoms with E-state index in [2.05, 4.69) is 10.2 Å². The van der Waals surface area contributed by atoms with E-state index in [1.54, 1.807) is 0 Å². The van der Waals surface area contributed by atoms with Crippen LogP contribution in [-0.2, 0) is 6.42 Å². The van der Waals surface area contributed by atoms with Crippen LogP contribution in [0.5, 0.6) is 0 Å². The SMILES string of the molecule is CCc1[nH]nc(Cl)c1C#N. The van der Waals surface area contributed by atoms with Gasteiger partial charge >= 0.3 is 0 Å². The monoisotopic (exact) mass is 155 g/mol. The largest absolute Gasteiger partial charge is 0.280 e. The molecule has 0 amide bonds. The first-order valence-electron chi connectivity index (χ1n) is 2.92. The quantitative estimate of drug-likeness (QED) is 0.668. The Hall–Kier alpha value is -1.01. The van der Waals surface area contributed by atoms with E-state index in [9.17, 15) is 0 Å². The summed E-state index contributed by atoms with van der Waals surface area (Å²) >= 11 is 5.56.